The molecule has 0 aromatic rings. The minimum absolute atomic E-state index is 0.0952. The highest BCUT2D eigenvalue weighted by Gasteiger charge is 2.41. The Labute approximate surface area is 186 Å². The molecular weight excluding hydrogens is 396 g/mol. The second-order valence-corrected chi connectivity index (χ2v) is 8.86. The van der Waals surface area contributed by atoms with Gasteiger partial charge in [0, 0.05) is 12.6 Å². The summed E-state index contributed by atoms with van der Waals surface area (Å²) in [6, 6.07) is -0.194. The van der Waals surface area contributed by atoms with E-state index in [1.807, 2.05) is 0 Å². The zero-order valence-corrected chi connectivity index (χ0v) is 19.1. The Bertz CT molecular complexity index is 619. The van der Waals surface area contributed by atoms with Crippen LogP contribution >= 0.6 is 0 Å². The number of fused-ring (bicyclic) bond motifs is 1. The molecule has 0 bridgehead atoms. The minimum atomic E-state index is -0.742. The highest BCUT2D eigenvalue weighted by molar-refractivity contribution is 6.01. The molecular formula is C24H40N2O5. The van der Waals surface area contributed by atoms with Gasteiger partial charge >= 0.3 is 6.09 Å². The lowest BCUT2D eigenvalue weighted by Crippen LogP contribution is -2.32. The molecule has 2 atom stereocenters. The van der Waals surface area contributed by atoms with Crippen molar-refractivity contribution in [2.75, 3.05) is 6.54 Å². The molecule has 0 aliphatic carbocycles. The van der Waals surface area contributed by atoms with Crippen molar-refractivity contribution in [1.82, 2.24) is 10.2 Å². The maximum atomic E-state index is 12.0. The summed E-state index contributed by atoms with van der Waals surface area (Å²) in [6.45, 7) is 2.87. The van der Waals surface area contributed by atoms with Crippen molar-refractivity contribution in [2.24, 2.45) is 0 Å². The third-order valence-electron chi connectivity index (χ3n) is 6.12. The number of carbonyl (C=O) groups is 3. The fourth-order valence-electron chi connectivity index (χ4n) is 4.35. The maximum absolute atomic E-state index is 12.0. The van der Waals surface area contributed by atoms with Crippen LogP contribution in [0.4, 0.5) is 4.79 Å². The van der Waals surface area contributed by atoms with Gasteiger partial charge in [-0.1, -0.05) is 77.6 Å². The lowest BCUT2D eigenvalue weighted by atomic mass is 10.0. The molecule has 2 aliphatic heterocycles. The standard InChI is InChI=1S/C24H40N2O5/c1-2-3-4-5-6-7-8-9-10-11-12-14-19(27)17-22(28)25-23(29)18-21-20-15-13-16-26(20)24(30)31-21/h18-20,27H,2-17H2,1H3,(H,25,28,29). The molecule has 2 heterocycles. The van der Waals surface area contributed by atoms with Crippen molar-refractivity contribution in [3.63, 3.8) is 0 Å². The Kier molecular flexibility index (Phi) is 11.6. The van der Waals surface area contributed by atoms with E-state index in [4.69, 9.17) is 4.74 Å². The number of rotatable bonds is 15. The number of aliphatic hydroxyl groups excluding tert-OH is 1. The summed E-state index contributed by atoms with van der Waals surface area (Å²) < 4.78 is 5.11. The Balaban J connectivity index is 1.50. The molecule has 2 saturated heterocycles. The number of unbranched alkanes of at least 4 members (excludes halogenated alkanes) is 10. The monoisotopic (exact) mass is 436 g/mol. The van der Waals surface area contributed by atoms with E-state index in [1.54, 1.807) is 4.90 Å². The molecule has 0 aromatic carbocycles. The summed E-state index contributed by atoms with van der Waals surface area (Å²) in [5.41, 5.74) is 0. The molecule has 0 spiro atoms. The molecule has 3 amide bonds. The highest BCUT2D eigenvalue weighted by Crippen LogP contribution is 2.31. The molecule has 2 aliphatic rings. The lowest BCUT2D eigenvalue weighted by molar-refractivity contribution is -0.129. The fraction of sp³-hybridized carbons (Fsp3) is 0.792. The number of nitrogens with one attached hydrogen (secondary N) is 1. The number of hydrogen-bond donors (Lipinski definition) is 2. The highest BCUT2D eigenvalue weighted by atomic mass is 16.6. The number of cyclic esters (lactones) is 1. The summed E-state index contributed by atoms with van der Waals surface area (Å²) >= 11 is 0. The zero-order chi connectivity index (χ0) is 22.5. The first-order valence-corrected chi connectivity index (χ1v) is 12.2. The average molecular weight is 437 g/mol. The predicted octanol–water partition coefficient (Wildman–Crippen LogP) is 4.58. The van der Waals surface area contributed by atoms with Gasteiger partial charge in [-0.25, -0.2) is 4.79 Å². The Morgan fingerprint density at radius 1 is 1.10 bits per heavy atom. The van der Waals surface area contributed by atoms with Crippen LogP contribution in [-0.4, -0.2) is 46.6 Å². The molecule has 0 aromatic heterocycles. The fourth-order valence-corrected chi connectivity index (χ4v) is 4.35. The van der Waals surface area contributed by atoms with Crippen LogP contribution in [0.2, 0.25) is 0 Å². The number of ether oxygens (including phenoxy) is 1. The van der Waals surface area contributed by atoms with Crippen molar-refractivity contribution in [3.8, 4) is 0 Å². The molecule has 176 valence electrons. The normalized spacial score (nSPS) is 20.1. The van der Waals surface area contributed by atoms with Gasteiger partial charge in [-0.15, -0.1) is 0 Å². The van der Waals surface area contributed by atoms with Crippen LogP contribution in [0.3, 0.4) is 0 Å². The van der Waals surface area contributed by atoms with Crippen molar-refractivity contribution in [2.45, 2.75) is 115 Å². The van der Waals surface area contributed by atoms with Gasteiger partial charge in [0.15, 0.2) is 0 Å². The number of nitrogens with zero attached hydrogens (tertiary/aromatic N) is 1. The summed E-state index contributed by atoms with van der Waals surface area (Å²) in [4.78, 5) is 37.3. The van der Waals surface area contributed by atoms with Gasteiger partial charge in [0.2, 0.25) is 5.91 Å². The van der Waals surface area contributed by atoms with Gasteiger partial charge in [-0.05, 0) is 19.3 Å². The largest absolute Gasteiger partial charge is 0.415 e. The number of imide groups is 1. The summed E-state index contributed by atoms with van der Waals surface area (Å²) in [6.07, 6.45) is 15.7. The van der Waals surface area contributed by atoms with E-state index < -0.39 is 24.0 Å². The van der Waals surface area contributed by atoms with Crippen LogP contribution in [0.15, 0.2) is 11.8 Å². The molecule has 2 unspecified atom stereocenters. The third-order valence-corrected chi connectivity index (χ3v) is 6.12. The van der Waals surface area contributed by atoms with Gasteiger partial charge in [0.1, 0.15) is 5.76 Å². The van der Waals surface area contributed by atoms with Crippen molar-refractivity contribution >= 4 is 17.9 Å². The first-order chi connectivity index (χ1) is 15.0. The molecule has 7 nitrogen and oxygen atoms in total. The van der Waals surface area contributed by atoms with Crippen molar-refractivity contribution in [1.29, 1.82) is 0 Å². The second kappa shape index (κ2) is 14.2. The number of aliphatic hydroxyl groups is 1. The molecule has 31 heavy (non-hydrogen) atoms. The van der Waals surface area contributed by atoms with Crippen molar-refractivity contribution < 1.29 is 24.2 Å². The third kappa shape index (κ3) is 9.42. The molecule has 2 N–H and O–H groups in total. The Hall–Kier alpha value is -1.89. The molecule has 2 fully saturated rings. The van der Waals surface area contributed by atoms with E-state index in [1.165, 1.54) is 57.4 Å². The van der Waals surface area contributed by atoms with Gasteiger partial charge in [-0.3, -0.25) is 19.8 Å². The van der Waals surface area contributed by atoms with Crippen LogP contribution in [0, 0.1) is 0 Å². The molecule has 0 radical (unpaired) electrons. The van der Waals surface area contributed by atoms with E-state index in [9.17, 15) is 19.5 Å². The Morgan fingerprint density at radius 3 is 2.35 bits per heavy atom. The van der Waals surface area contributed by atoms with Crippen LogP contribution in [0.1, 0.15) is 103 Å². The van der Waals surface area contributed by atoms with Crippen LogP contribution in [-0.2, 0) is 14.3 Å². The number of amides is 3. The number of hydrogen-bond acceptors (Lipinski definition) is 5. The van der Waals surface area contributed by atoms with Gasteiger partial charge < -0.3 is 9.84 Å². The van der Waals surface area contributed by atoms with E-state index in [-0.39, 0.29) is 12.5 Å². The number of carbonyl (C=O) groups excluding carboxylic acids is 3. The SMILES string of the molecule is CCCCCCCCCCCCCC(O)CC(=O)NC(=O)C=C1OC(=O)N2CCCC12. The topological polar surface area (TPSA) is 95.9 Å². The van der Waals surface area contributed by atoms with Crippen molar-refractivity contribution in [3.05, 3.63) is 11.8 Å². The van der Waals surface area contributed by atoms with Crippen LogP contribution in [0.5, 0.6) is 0 Å². The van der Waals surface area contributed by atoms with E-state index in [2.05, 4.69) is 12.2 Å². The van der Waals surface area contributed by atoms with Gasteiger partial charge in [-0.2, -0.15) is 0 Å². The molecule has 0 saturated carbocycles. The zero-order valence-electron chi connectivity index (χ0n) is 19.1. The van der Waals surface area contributed by atoms with E-state index >= 15 is 0 Å². The maximum Gasteiger partial charge on any atom is 0.415 e. The van der Waals surface area contributed by atoms with Crippen LogP contribution < -0.4 is 5.32 Å². The summed E-state index contributed by atoms with van der Waals surface area (Å²) in [5.74, 6) is -0.817. The van der Waals surface area contributed by atoms with E-state index in [0.717, 1.165) is 32.1 Å². The molecule has 7 heteroatoms. The summed E-state index contributed by atoms with van der Waals surface area (Å²) in [5, 5.41) is 12.3. The summed E-state index contributed by atoms with van der Waals surface area (Å²) in [7, 11) is 0. The first-order valence-electron chi connectivity index (χ1n) is 12.2. The quantitative estimate of drug-likeness (QED) is 0.289. The van der Waals surface area contributed by atoms with E-state index in [0.29, 0.717) is 18.7 Å². The van der Waals surface area contributed by atoms with Crippen LogP contribution in [0.25, 0.3) is 0 Å². The van der Waals surface area contributed by atoms with Gasteiger partial charge in [0.25, 0.3) is 5.91 Å². The minimum Gasteiger partial charge on any atom is -0.412 e. The second-order valence-electron chi connectivity index (χ2n) is 8.86. The van der Waals surface area contributed by atoms with Gasteiger partial charge in [0.05, 0.1) is 18.6 Å². The predicted molar refractivity (Wildman–Crippen MR) is 119 cm³/mol. The smallest absolute Gasteiger partial charge is 0.412 e. The first kappa shape index (κ1) is 25.4. The average Bonchev–Trinajstić information content (AvgIpc) is 3.31. The lowest BCUT2D eigenvalue weighted by Gasteiger charge is -2.10. The molecule has 2 rings (SSSR count). The Morgan fingerprint density at radius 2 is 1.71 bits per heavy atom.